The van der Waals surface area contributed by atoms with E-state index in [1.165, 1.54) is 26.1 Å². The third-order valence-corrected chi connectivity index (χ3v) is 4.70. The number of carbonyl (C=O) groups excluding carboxylic acids is 2. The third kappa shape index (κ3) is 3.84. The summed E-state index contributed by atoms with van der Waals surface area (Å²) in [7, 11) is -2.59. The Labute approximate surface area is 138 Å². The van der Waals surface area contributed by atoms with Crippen molar-refractivity contribution in [2.45, 2.75) is 11.8 Å². The Hall–Kier alpha value is -2.58. The van der Waals surface area contributed by atoms with Gasteiger partial charge in [-0.25, -0.2) is 17.5 Å². The number of Topliss-reactive ketones (excluding diaryl/α,β-unsaturated/α-hetero) is 1. The number of sulfonamides is 1. The molecule has 2 N–H and O–H groups in total. The van der Waals surface area contributed by atoms with Crippen molar-refractivity contribution in [1.29, 1.82) is 0 Å². The van der Waals surface area contributed by atoms with Crippen LogP contribution in [0.4, 0.5) is 10.1 Å². The van der Waals surface area contributed by atoms with Crippen LogP contribution in [0.3, 0.4) is 0 Å². The van der Waals surface area contributed by atoms with Gasteiger partial charge in [0.25, 0.3) is 5.91 Å². The average molecular weight is 350 g/mol. The highest BCUT2D eigenvalue weighted by atomic mass is 32.2. The molecule has 126 valence electrons. The smallest absolute Gasteiger partial charge is 0.258 e. The zero-order valence-corrected chi connectivity index (χ0v) is 13.8. The fourth-order valence-corrected chi connectivity index (χ4v) is 2.73. The van der Waals surface area contributed by atoms with Crippen molar-refractivity contribution >= 4 is 27.4 Å². The van der Waals surface area contributed by atoms with Crippen LogP contribution in [0.1, 0.15) is 27.6 Å². The van der Waals surface area contributed by atoms with Crippen LogP contribution in [0, 0.1) is 5.82 Å². The van der Waals surface area contributed by atoms with E-state index >= 15 is 0 Å². The van der Waals surface area contributed by atoms with Gasteiger partial charge in [0.15, 0.2) is 5.78 Å². The molecule has 6 nitrogen and oxygen atoms in total. The molecule has 0 fully saturated rings. The molecular formula is C16H15FN2O4S. The van der Waals surface area contributed by atoms with Crippen molar-refractivity contribution in [2.24, 2.45) is 0 Å². The van der Waals surface area contributed by atoms with Crippen molar-refractivity contribution < 1.29 is 22.4 Å². The quantitative estimate of drug-likeness (QED) is 0.809. The molecule has 0 saturated carbocycles. The molecule has 8 heteroatoms. The molecule has 0 aliphatic rings. The first-order valence-corrected chi connectivity index (χ1v) is 8.38. The van der Waals surface area contributed by atoms with Gasteiger partial charge in [-0.3, -0.25) is 9.59 Å². The number of halogens is 1. The molecule has 0 atom stereocenters. The van der Waals surface area contributed by atoms with Crippen molar-refractivity contribution in [3.05, 3.63) is 59.4 Å². The Bertz CT molecular complexity index is 910. The minimum atomic E-state index is -3.80. The summed E-state index contributed by atoms with van der Waals surface area (Å²) in [5.74, 6) is -1.86. The van der Waals surface area contributed by atoms with Crippen LogP contribution < -0.4 is 10.0 Å². The van der Waals surface area contributed by atoms with E-state index in [1.807, 2.05) is 0 Å². The molecule has 1 amide bonds. The first-order valence-electron chi connectivity index (χ1n) is 6.90. The minimum Gasteiger partial charge on any atom is -0.322 e. The van der Waals surface area contributed by atoms with Gasteiger partial charge in [-0.1, -0.05) is 12.1 Å². The van der Waals surface area contributed by atoms with Gasteiger partial charge in [0, 0.05) is 11.3 Å². The lowest BCUT2D eigenvalue weighted by Gasteiger charge is -2.09. The normalized spacial score (nSPS) is 11.1. The topological polar surface area (TPSA) is 92.3 Å². The Morgan fingerprint density at radius 1 is 1.08 bits per heavy atom. The zero-order chi connectivity index (χ0) is 17.9. The second kappa shape index (κ2) is 6.90. The summed E-state index contributed by atoms with van der Waals surface area (Å²) < 4.78 is 39.5. The molecule has 0 aliphatic heterocycles. The number of nitrogens with one attached hydrogen (secondary N) is 2. The Balaban J connectivity index is 2.35. The van der Waals surface area contributed by atoms with E-state index in [4.69, 9.17) is 0 Å². The van der Waals surface area contributed by atoms with Crippen LogP contribution in [0.2, 0.25) is 0 Å². The number of rotatable bonds is 5. The van der Waals surface area contributed by atoms with E-state index in [0.29, 0.717) is 11.3 Å². The Morgan fingerprint density at radius 2 is 1.79 bits per heavy atom. The maximum absolute atomic E-state index is 13.9. The average Bonchev–Trinajstić information content (AvgIpc) is 2.55. The number of amides is 1. The molecule has 0 bridgehead atoms. The Kier molecular flexibility index (Phi) is 5.10. The number of hydrogen-bond acceptors (Lipinski definition) is 4. The van der Waals surface area contributed by atoms with Gasteiger partial charge in [0.2, 0.25) is 10.0 Å². The van der Waals surface area contributed by atoms with Crippen molar-refractivity contribution in [3.8, 4) is 0 Å². The van der Waals surface area contributed by atoms with Gasteiger partial charge in [-0.05, 0) is 44.3 Å². The third-order valence-electron chi connectivity index (χ3n) is 3.29. The molecule has 0 spiro atoms. The summed E-state index contributed by atoms with van der Waals surface area (Å²) in [5.41, 5.74) is 0.272. The summed E-state index contributed by atoms with van der Waals surface area (Å²) in [4.78, 5) is 23.4. The summed E-state index contributed by atoms with van der Waals surface area (Å²) in [5, 5.41) is 2.44. The minimum absolute atomic E-state index is 0.181. The second-order valence-electron chi connectivity index (χ2n) is 4.94. The molecule has 2 rings (SSSR count). The van der Waals surface area contributed by atoms with Crippen LogP contribution in [0.25, 0.3) is 0 Å². The molecule has 2 aromatic rings. The lowest BCUT2D eigenvalue weighted by Crippen LogP contribution is -2.20. The first kappa shape index (κ1) is 17.8. The standard InChI is InChI=1S/C16H15FN2O4S/c1-10(20)11-4-3-5-12(8-11)19-16(21)14-9-13(6-7-15(14)17)24(22,23)18-2/h3-9,18H,1-2H3,(H,19,21). The lowest BCUT2D eigenvalue weighted by molar-refractivity contribution is 0.100. The molecule has 0 saturated heterocycles. The number of hydrogen-bond donors (Lipinski definition) is 2. The molecule has 0 heterocycles. The van der Waals surface area contributed by atoms with Gasteiger partial charge in [0.1, 0.15) is 5.82 Å². The molecule has 24 heavy (non-hydrogen) atoms. The van der Waals surface area contributed by atoms with Gasteiger partial charge in [-0.15, -0.1) is 0 Å². The highest BCUT2D eigenvalue weighted by Gasteiger charge is 2.18. The van der Waals surface area contributed by atoms with E-state index in [9.17, 15) is 22.4 Å². The largest absolute Gasteiger partial charge is 0.322 e. The fraction of sp³-hybridized carbons (Fsp3) is 0.125. The van der Waals surface area contributed by atoms with E-state index in [0.717, 1.165) is 18.2 Å². The van der Waals surface area contributed by atoms with Crippen LogP contribution in [0.5, 0.6) is 0 Å². The van der Waals surface area contributed by atoms with Gasteiger partial charge in [0.05, 0.1) is 10.5 Å². The van der Waals surface area contributed by atoms with E-state index < -0.39 is 27.3 Å². The molecule has 0 aromatic heterocycles. The van der Waals surface area contributed by atoms with Crippen molar-refractivity contribution in [1.82, 2.24) is 4.72 Å². The monoisotopic (exact) mass is 350 g/mol. The van der Waals surface area contributed by atoms with Crippen LogP contribution >= 0.6 is 0 Å². The first-order chi connectivity index (χ1) is 11.2. The van der Waals surface area contributed by atoms with E-state index in [1.54, 1.807) is 12.1 Å². The van der Waals surface area contributed by atoms with Crippen LogP contribution in [-0.4, -0.2) is 27.2 Å². The summed E-state index contributed by atoms with van der Waals surface area (Å²) in [6.07, 6.45) is 0. The number of carbonyl (C=O) groups is 2. The van der Waals surface area contributed by atoms with Gasteiger partial charge >= 0.3 is 0 Å². The fourth-order valence-electron chi connectivity index (χ4n) is 1.98. The molecule has 0 radical (unpaired) electrons. The summed E-state index contributed by atoms with van der Waals surface area (Å²) in [6, 6.07) is 9.07. The maximum Gasteiger partial charge on any atom is 0.258 e. The predicted octanol–water partition coefficient (Wildman–Crippen LogP) is 2.19. The highest BCUT2D eigenvalue weighted by molar-refractivity contribution is 7.89. The lowest BCUT2D eigenvalue weighted by atomic mass is 10.1. The van der Waals surface area contributed by atoms with Crippen molar-refractivity contribution in [3.63, 3.8) is 0 Å². The SMILES string of the molecule is CNS(=O)(=O)c1ccc(F)c(C(=O)Nc2cccc(C(C)=O)c2)c1. The van der Waals surface area contributed by atoms with E-state index in [2.05, 4.69) is 10.0 Å². The number of anilines is 1. The van der Waals surface area contributed by atoms with Crippen molar-refractivity contribution in [2.75, 3.05) is 12.4 Å². The van der Waals surface area contributed by atoms with Gasteiger partial charge in [-0.2, -0.15) is 0 Å². The number of benzene rings is 2. The molecule has 0 unspecified atom stereocenters. The van der Waals surface area contributed by atoms with E-state index in [-0.39, 0.29) is 10.7 Å². The van der Waals surface area contributed by atoms with Crippen LogP contribution in [-0.2, 0) is 10.0 Å². The maximum atomic E-state index is 13.9. The molecular weight excluding hydrogens is 335 g/mol. The van der Waals surface area contributed by atoms with Gasteiger partial charge < -0.3 is 5.32 Å². The van der Waals surface area contributed by atoms with Crippen LogP contribution in [0.15, 0.2) is 47.4 Å². The summed E-state index contributed by atoms with van der Waals surface area (Å²) in [6.45, 7) is 1.38. The second-order valence-corrected chi connectivity index (χ2v) is 6.83. The zero-order valence-electron chi connectivity index (χ0n) is 13.0. The highest BCUT2D eigenvalue weighted by Crippen LogP contribution is 2.18. The predicted molar refractivity (Wildman–Crippen MR) is 87.0 cm³/mol. The molecule has 0 aliphatic carbocycles. The number of ketones is 1. The summed E-state index contributed by atoms with van der Waals surface area (Å²) >= 11 is 0. The Morgan fingerprint density at radius 3 is 2.42 bits per heavy atom. The molecule has 2 aromatic carbocycles.